The van der Waals surface area contributed by atoms with Gasteiger partial charge in [0.1, 0.15) is 13.2 Å². The van der Waals surface area contributed by atoms with Crippen LogP contribution in [0.15, 0.2) is 18.2 Å². The van der Waals surface area contributed by atoms with E-state index >= 15 is 0 Å². The normalized spacial score (nSPS) is 18.1. The van der Waals surface area contributed by atoms with Gasteiger partial charge in [-0.1, -0.05) is 0 Å². The van der Waals surface area contributed by atoms with E-state index in [0.29, 0.717) is 13.2 Å². The summed E-state index contributed by atoms with van der Waals surface area (Å²) in [5, 5.41) is 4.63. The largest absolute Gasteiger partial charge is 0.486 e. The van der Waals surface area contributed by atoms with Crippen molar-refractivity contribution < 1.29 is 9.47 Å². The minimum atomic E-state index is 0.646. The van der Waals surface area contributed by atoms with Crippen molar-refractivity contribution in [1.82, 2.24) is 9.88 Å². The summed E-state index contributed by atoms with van der Waals surface area (Å²) in [4.78, 5) is 0. The van der Waals surface area contributed by atoms with Gasteiger partial charge in [0.05, 0.1) is 5.52 Å². The van der Waals surface area contributed by atoms with Crippen molar-refractivity contribution in [3.05, 3.63) is 23.9 Å². The average molecular weight is 230 g/mol. The number of aromatic nitrogens is 1. The fraction of sp³-hybridized carbons (Fsp3) is 0.385. The maximum absolute atomic E-state index is 5.64. The summed E-state index contributed by atoms with van der Waals surface area (Å²) < 4.78 is 13.6. The highest BCUT2D eigenvalue weighted by atomic mass is 16.6. The van der Waals surface area contributed by atoms with Gasteiger partial charge in [0.25, 0.3) is 0 Å². The number of fused-ring (bicyclic) bond motifs is 4. The standard InChI is InChI=1S/C13H14N2O2/c1-2-15-10(8-14-1)5-9-6-12-13(7-11(9)15)17-4-3-16-12/h5-7,14H,1-4,8H2. The maximum atomic E-state index is 5.64. The first-order valence-electron chi connectivity index (χ1n) is 6.04. The van der Waals surface area contributed by atoms with Crippen LogP contribution in [0.4, 0.5) is 0 Å². The topological polar surface area (TPSA) is 35.4 Å². The van der Waals surface area contributed by atoms with Gasteiger partial charge in [0, 0.05) is 36.8 Å². The third kappa shape index (κ3) is 1.34. The zero-order valence-corrected chi connectivity index (χ0v) is 9.53. The second-order valence-electron chi connectivity index (χ2n) is 4.52. The van der Waals surface area contributed by atoms with Gasteiger partial charge in [0.15, 0.2) is 11.5 Å². The molecule has 2 aliphatic heterocycles. The van der Waals surface area contributed by atoms with Crippen molar-refractivity contribution in [1.29, 1.82) is 0 Å². The summed E-state index contributed by atoms with van der Waals surface area (Å²) in [7, 11) is 0. The molecule has 4 heteroatoms. The van der Waals surface area contributed by atoms with E-state index in [4.69, 9.17) is 9.47 Å². The average Bonchev–Trinajstić information content (AvgIpc) is 2.73. The van der Waals surface area contributed by atoms with Crippen LogP contribution in [-0.4, -0.2) is 24.3 Å². The lowest BCUT2D eigenvalue weighted by molar-refractivity contribution is 0.172. The zero-order valence-electron chi connectivity index (χ0n) is 9.53. The highest BCUT2D eigenvalue weighted by Crippen LogP contribution is 2.36. The minimum absolute atomic E-state index is 0.646. The molecule has 0 spiro atoms. The molecule has 17 heavy (non-hydrogen) atoms. The molecule has 1 N–H and O–H groups in total. The van der Waals surface area contributed by atoms with E-state index in [0.717, 1.165) is 31.1 Å². The van der Waals surface area contributed by atoms with Crippen LogP contribution in [0.2, 0.25) is 0 Å². The first kappa shape index (κ1) is 9.36. The molecule has 88 valence electrons. The first-order valence-corrected chi connectivity index (χ1v) is 6.04. The Morgan fingerprint density at radius 3 is 2.76 bits per heavy atom. The van der Waals surface area contributed by atoms with Crippen LogP contribution in [0.1, 0.15) is 5.69 Å². The van der Waals surface area contributed by atoms with E-state index in [-0.39, 0.29) is 0 Å². The SMILES string of the molecule is c1c2c(cc3c1cc1n3CCNC1)OCCO2. The van der Waals surface area contributed by atoms with Gasteiger partial charge in [-0.2, -0.15) is 0 Å². The number of hydrogen-bond donors (Lipinski definition) is 1. The molecule has 2 aliphatic rings. The number of rotatable bonds is 0. The van der Waals surface area contributed by atoms with Crippen LogP contribution >= 0.6 is 0 Å². The Hall–Kier alpha value is -1.68. The summed E-state index contributed by atoms with van der Waals surface area (Å²) in [6.07, 6.45) is 0. The van der Waals surface area contributed by atoms with E-state index in [9.17, 15) is 0 Å². The first-order chi connectivity index (χ1) is 8.42. The van der Waals surface area contributed by atoms with Crippen molar-refractivity contribution in [2.75, 3.05) is 19.8 Å². The fourth-order valence-electron chi connectivity index (χ4n) is 2.67. The van der Waals surface area contributed by atoms with E-state index in [1.807, 2.05) is 0 Å². The molecule has 4 rings (SSSR count). The Labute approximate surface area is 99.1 Å². The Bertz CT molecular complexity index is 587. The molecule has 0 saturated carbocycles. The van der Waals surface area contributed by atoms with Gasteiger partial charge in [-0.3, -0.25) is 0 Å². The molecule has 0 aliphatic carbocycles. The van der Waals surface area contributed by atoms with Crippen molar-refractivity contribution >= 4 is 10.9 Å². The highest BCUT2D eigenvalue weighted by Gasteiger charge is 2.17. The molecule has 2 aromatic rings. The number of nitrogens with one attached hydrogen (secondary N) is 1. The van der Waals surface area contributed by atoms with Crippen LogP contribution in [0, 0.1) is 0 Å². The van der Waals surface area contributed by atoms with Crippen molar-refractivity contribution in [3.63, 3.8) is 0 Å². The highest BCUT2D eigenvalue weighted by molar-refractivity contribution is 5.85. The van der Waals surface area contributed by atoms with Gasteiger partial charge in [-0.25, -0.2) is 0 Å². The van der Waals surface area contributed by atoms with Crippen LogP contribution in [-0.2, 0) is 13.1 Å². The second-order valence-corrected chi connectivity index (χ2v) is 4.52. The van der Waals surface area contributed by atoms with E-state index in [1.165, 1.54) is 16.6 Å². The molecule has 4 nitrogen and oxygen atoms in total. The molecule has 0 atom stereocenters. The van der Waals surface area contributed by atoms with E-state index < -0.39 is 0 Å². The van der Waals surface area contributed by atoms with Gasteiger partial charge in [-0.15, -0.1) is 0 Å². The third-order valence-electron chi connectivity index (χ3n) is 3.47. The second kappa shape index (κ2) is 3.40. The van der Waals surface area contributed by atoms with Crippen molar-refractivity contribution in [2.45, 2.75) is 13.1 Å². The number of hydrogen-bond acceptors (Lipinski definition) is 3. The van der Waals surface area contributed by atoms with Crippen LogP contribution in [0.3, 0.4) is 0 Å². The van der Waals surface area contributed by atoms with Crippen molar-refractivity contribution in [2.24, 2.45) is 0 Å². The Balaban J connectivity index is 1.97. The summed E-state index contributed by atoms with van der Waals surface area (Å²) in [5.74, 6) is 1.75. The summed E-state index contributed by atoms with van der Waals surface area (Å²) in [6, 6.07) is 6.44. The number of ether oxygens (including phenoxy) is 2. The maximum Gasteiger partial charge on any atom is 0.163 e. The summed E-state index contributed by atoms with van der Waals surface area (Å²) >= 11 is 0. The molecule has 0 saturated heterocycles. The van der Waals surface area contributed by atoms with Gasteiger partial charge in [0.2, 0.25) is 0 Å². The van der Waals surface area contributed by atoms with E-state index in [1.54, 1.807) is 0 Å². The third-order valence-corrected chi connectivity index (χ3v) is 3.47. The van der Waals surface area contributed by atoms with Crippen LogP contribution < -0.4 is 14.8 Å². The van der Waals surface area contributed by atoms with Gasteiger partial charge < -0.3 is 19.4 Å². The van der Waals surface area contributed by atoms with E-state index in [2.05, 4.69) is 28.1 Å². The molecule has 0 amide bonds. The molecule has 1 aromatic carbocycles. The summed E-state index contributed by atoms with van der Waals surface area (Å²) in [6.45, 7) is 4.30. The monoisotopic (exact) mass is 230 g/mol. The number of nitrogens with zero attached hydrogens (tertiary/aromatic N) is 1. The van der Waals surface area contributed by atoms with Gasteiger partial charge >= 0.3 is 0 Å². The Morgan fingerprint density at radius 2 is 1.88 bits per heavy atom. The lowest BCUT2D eigenvalue weighted by Crippen LogP contribution is -2.27. The quantitative estimate of drug-likeness (QED) is 0.745. The number of benzene rings is 1. The summed E-state index contributed by atoms with van der Waals surface area (Å²) in [5.41, 5.74) is 2.60. The molecule has 0 unspecified atom stereocenters. The lowest BCUT2D eigenvalue weighted by Gasteiger charge is -2.20. The van der Waals surface area contributed by atoms with Crippen LogP contribution in [0.25, 0.3) is 10.9 Å². The smallest absolute Gasteiger partial charge is 0.163 e. The Kier molecular flexibility index (Phi) is 1.87. The predicted molar refractivity (Wildman–Crippen MR) is 64.6 cm³/mol. The molecular weight excluding hydrogens is 216 g/mol. The molecule has 0 radical (unpaired) electrons. The minimum Gasteiger partial charge on any atom is -0.486 e. The molecule has 1 aromatic heterocycles. The lowest BCUT2D eigenvalue weighted by atomic mass is 10.2. The van der Waals surface area contributed by atoms with Crippen molar-refractivity contribution in [3.8, 4) is 11.5 Å². The van der Waals surface area contributed by atoms with Crippen LogP contribution in [0.5, 0.6) is 11.5 Å². The Morgan fingerprint density at radius 1 is 1.06 bits per heavy atom. The molecule has 0 bridgehead atoms. The molecular formula is C13H14N2O2. The zero-order chi connectivity index (χ0) is 11.2. The fourth-order valence-corrected chi connectivity index (χ4v) is 2.67. The van der Waals surface area contributed by atoms with Gasteiger partial charge in [-0.05, 0) is 12.1 Å². The molecule has 3 heterocycles. The predicted octanol–water partition coefficient (Wildman–Crippen LogP) is 1.52. The molecule has 0 fully saturated rings.